The molecule has 0 radical (unpaired) electrons. The van der Waals surface area contributed by atoms with Gasteiger partial charge in [0.2, 0.25) is 0 Å². The summed E-state index contributed by atoms with van der Waals surface area (Å²) in [5, 5.41) is 6.54. The van der Waals surface area contributed by atoms with Gasteiger partial charge in [0.1, 0.15) is 0 Å². The lowest BCUT2D eigenvalue weighted by molar-refractivity contribution is 0.138. The molecule has 98 valence electrons. The Morgan fingerprint density at radius 1 is 1.06 bits per heavy atom. The van der Waals surface area contributed by atoms with Crippen molar-refractivity contribution in [1.29, 1.82) is 0 Å². The predicted molar refractivity (Wildman–Crippen MR) is 69.6 cm³/mol. The van der Waals surface area contributed by atoms with Gasteiger partial charge in [-0.15, -0.1) is 12.4 Å². The molecule has 0 aromatic rings. The van der Waals surface area contributed by atoms with Crippen molar-refractivity contribution in [2.75, 3.05) is 13.1 Å². The first-order chi connectivity index (χ1) is 7.86. The number of carbonyl (C=O) groups excluding carboxylic acids is 1. The van der Waals surface area contributed by atoms with Gasteiger partial charge < -0.3 is 15.5 Å². The van der Waals surface area contributed by atoms with Gasteiger partial charge in [-0.2, -0.15) is 0 Å². The largest absolute Gasteiger partial charge is 0.333 e. The average Bonchev–Trinajstić information content (AvgIpc) is 2.66. The molecule has 3 fully saturated rings. The number of nitrogens with zero attached hydrogens (tertiary/aromatic N) is 1. The Bertz CT molecular complexity index is 281. The van der Waals surface area contributed by atoms with Crippen molar-refractivity contribution in [3.63, 3.8) is 0 Å². The van der Waals surface area contributed by atoms with Gasteiger partial charge in [0.05, 0.1) is 12.1 Å². The van der Waals surface area contributed by atoms with E-state index in [0.29, 0.717) is 18.1 Å². The fourth-order valence-electron chi connectivity index (χ4n) is 3.52. The molecular formula is C12H22ClN3O. The van der Waals surface area contributed by atoms with E-state index < -0.39 is 0 Å². The normalized spacial score (nSPS) is 33.9. The highest BCUT2D eigenvalue weighted by atomic mass is 35.5. The summed E-state index contributed by atoms with van der Waals surface area (Å²) < 4.78 is 0. The van der Waals surface area contributed by atoms with Crippen molar-refractivity contribution in [2.24, 2.45) is 0 Å². The maximum Gasteiger partial charge on any atom is 0.318 e. The lowest BCUT2D eigenvalue weighted by Crippen LogP contribution is -2.49. The second kappa shape index (κ2) is 5.44. The SMILES string of the molecule is Cl.O=C1N[C@@H]2CCCC[C@@H]2N1C1CCNCC1. The summed E-state index contributed by atoms with van der Waals surface area (Å²) in [6, 6.07) is 1.61. The van der Waals surface area contributed by atoms with E-state index in [1.165, 1.54) is 25.7 Å². The van der Waals surface area contributed by atoms with Crippen LogP contribution in [0, 0.1) is 0 Å². The van der Waals surface area contributed by atoms with Crippen LogP contribution in [-0.2, 0) is 0 Å². The summed E-state index contributed by atoms with van der Waals surface area (Å²) in [7, 11) is 0. The molecule has 2 heterocycles. The van der Waals surface area contributed by atoms with Crippen LogP contribution in [0.5, 0.6) is 0 Å². The van der Waals surface area contributed by atoms with Crippen molar-refractivity contribution >= 4 is 18.4 Å². The van der Waals surface area contributed by atoms with Gasteiger partial charge in [0.15, 0.2) is 0 Å². The van der Waals surface area contributed by atoms with Crippen molar-refractivity contribution in [1.82, 2.24) is 15.5 Å². The fourth-order valence-corrected chi connectivity index (χ4v) is 3.52. The van der Waals surface area contributed by atoms with Crippen LogP contribution in [0.3, 0.4) is 0 Å². The van der Waals surface area contributed by atoms with Crippen LogP contribution in [0.2, 0.25) is 0 Å². The van der Waals surface area contributed by atoms with Crippen LogP contribution >= 0.6 is 12.4 Å². The summed E-state index contributed by atoms with van der Waals surface area (Å²) in [5.74, 6) is 0. The molecule has 1 saturated carbocycles. The summed E-state index contributed by atoms with van der Waals surface area (Å²) in [6.45, 7) is 2.12. The zero-order valence-corrected chi connectivity index (χ0v) is 11.0. The molecule has 0 bridgehead atoms. The number of piperidine rings is 1. The van der Waals surface area contributed by atoms with Crippen molar-refractivity contribution < 1.29 is 4.79 Å². The second-order valence-corrected chi connectivity index (χ2v) is 5.30. The van der Waals surface area contributed by atoms with E-state index in [0.717, 1.165) is 25.9 Å². The second-order valence-electron chi connectivity index (χ2n) is 5.30. The highest BCUT2D eigenvalue weighted by Crippen LogP contribution is 2.31. The number of fused-ring (bicyclic) bond motifs is 1. The van der Waals surface area contributed by atoms with Gasteiger partial charge in [-0.05, 0) is 38.8 Å². The van der Waals surface area contributed by atoms with Crippen molar-refractivity contribution in [3.05, 3.63) is 0 Å². The molecule has 3 aliphatic rings. The predicted octanol–water partition coefficient (Wildman–Crippen LogP) is 1.50. The first-order valence-corrected chi connectivity index (χ1v) is 6.66. The van der Waals surface area contributed by atoms with Crippen LogP contribution in [0.15, 0.2) is 0 Å². The van der Waals surface area contributed by atoms with E-state index in [-0.39, 0.29) is 18.4 Å². The molecule has 0 spiro atoms. The van der Waals surface area contributed by atoms with Gasteiger partial charge in [0.25, 0.3) is 0 Å². The third-order valence-corrected chi connectivity index (χ3v) is 4.33. The highest BCUT2D eigenvalue weighted by molar-refractivity contribution is 5.85. The quantitative estimate of drug-likeness (QED) is 0.750. The third-order valence-electron chi connectivity index (χ3n) is 4.33. The van der Waals surface area contributed by atoms with Crippen LogP contribution in [-0.4, -0.2) is 42.1 Å². The third kappa shape index (κ3) is 2.38. The van der Waals surface area contributed by atoms with Gasteiger partial charge in [-0.1, -0.05) is 12.8 Å². The summed E-state index contributed by atoms with van der Waals surface area (Å²) in [4.78, 5) is 14.2. The number of hydrogen-bond acceptors (Lipinski definition) is 2. The number of urea groups is 1. The first-order valence-electron chi connectivity index (χ1n) is 6.66. The smallest absolute Gasteiger partial charge is 0.318 e. The zero-order valence-electron chi connectivity index (χ0n) is 10.2. The van der Waals surface area contributed by atoms with E-state index in [9.17, 15) is 4.79 Å². The summed E-state index contributed by atoms with van der Waals surface area (Å²) >= 11 is 0. The lowest BCUT2D eigenvalue weighted by atomic mass is 9.89. The molecule has 17 heavy (non-hydrogen) atoms. The van der Waals surface area contributed by atoms with Gasteiger partial charge in [-0.3, -0.25) is 0 Å². The lowest BCUT2D eigenvalue weighted by Gasteiger charge is -2.37. The fraction of sp³-hybridized carbons (Fsp3) is 0.917. The van der Waals surface area contributed by atoms with Crippen LogP contribution in [0.4, 0.5) is 4.79 Å². The van der Waals surface area contributed by atoms with E-state index in [2.05, 4.69) is 15.5 Å². The Kier molecular flexibility index (Phi) is 4.15. The number of hydrogen-bond donors (Lipinski definition) is 2. The molecule has 5 heteroatoms. The maximum atomic E-state index is 12.0. The van der Waals surface area contributed by atoms with Gasteiger partial charge >= 0.3 is 6.03 Å². The molecule has 3 rings (SSSR count). The summed E-state index contributed by atoms with van der Waals surface area (Å²) in [6.07, 6.45) is 7.19. The van der Waals surface area contributed by atoms with Crippen LogP contribution < -0.4 is 10.6 Å². The molecule has 2 aliphatic heterocycles. The maximum absolute atomic E-state index is 12.0. The minimum absolute atomic E-state index is 0. The van der Waals surface area contributed by atoms with Crippen LogP contribution in [0.25, 0.3) is 0 Å². The molecule has 2 saturated heterocycles. The molecule has 2 amide bonds. The monoisotopic (exact) mass is 259 g/mol. The molecule has 0 aromatic heterocycles. The number of carbonyl (C=O) groups is 1. The Morgan fingerprint density at radius 3 is 2.53 bits per heavy atom. The number of nitrogens with one attached hydrogen (secondary N) is 2. The number of rotatable bonds is 1. The Hall–Kier alpha value is -0.480. The molecule has 2 atom stereocenters. The Morgan fingerprint density at radius 2 is 1.76 bits per heavy atom. The molecule has 2 N–H and O–H groups in total. The molecule has 0 aromatic carbocycles. The zero-order chi connectivity index (χ0) is 11.0. The molecule has 4 nitrogen and oxygen atoms in total. The first kappa shape index (κ1) is 13.0. The average molecular weight is 260 g/mol. The Balaban J connectivity index is 0.00000108. The highest BCUT2D eigenvalue weighted by Gasteiger charge is 2.43. The van der Waals surface area contributed by atoms with Gasteiger partial charge in [-0.25, -0.2) is 4.79 Å². The van der Waals surface area contributed by atoms with E-state index >= 15 is 0 Å². The number of amides is 2. The van der Waals surface area contributed by atoms with E-state index in [1.807, 2.05) is 0 Å². The Labute approximate surface area is 109 Å². The summed E-state index contributed by atoms with van der Waals surface area (Å²) in [5.41, 5.74) is 0. The number of halogens is 1. The van der Waals surface area contributed by atoms with E-state index in [4.69, 9.17) is 0 Å². The standard InChI is InChI=1S/C12H21N3O.ClH/c16-12-14-10-3-1-2-4-11(10)15(12)9-5-7-13-8-6-9;/h9-11,13H,1-8H2,(H,14,16);1H/t10-,11+;/m1./s1. The molecule has 1 aliphatic carbocycles. The minimum atomic E-state index is 0. The van der Waals surface area contributed by atoms with Gasteiger partial charge in [0, 0.05) is 6.04 Å². The van der Waals surface area contributed by atoms with E-state index in [1.54, 1.807) is 0 Å². The van der Waals surface area contributed by atoms with Crippen molar-refractivity contribution in [2.45, 2.75) is 56.7 Å². The van der Waals surface area contributed by atoms with Crippen LogP contribution in [0.1, 0.15) is 38.5 Å². The van der Waals surface area contributed by atoms with Crippen molar-refractivity contribution in [3.8, 4) is 0 Å². The topological polar surface area (TPSA) is 44.4 Å². The minimum Gasteiger partial charge on any atom is -0.333 e. The molecule has 0 unspecified atom stereocenters. The molecular weight excluding hydrogens is 238 g/mol.